The molecule has 2 aliphatic heterocycles. The van der Waals surface area contributed by atoms with Gasteiger partial charge >= 0.3 is 0 Å². The Labute approximate surface area is 143 Å². The molecule has 0 bridgehead atoms. The lowest BCUT2D eigenvalue weighted by molar-refractivity contribution is 0.249. The molecule has 6 heteroatoms. The van der Waals surface area contributed by atoms with Crippen molar-refractivity contribution in [3.63, 3.8) is 0 Å². The number of likely N-dealkylation sites (tertiary alicyclic amines) is 2. The Balaban J connectivity index is 1.60. The highest BCUT2D eigenvalue weighted by atomic mass is 32.1. The van der Waals surface area contributed by atoms with Crippen LogP contribution in [0.5, 0.6) is 0 Å². The van der Waals surface area contributed by atoms with E-state index < -0.39 is 0 Å². The van der Waals surface area contributed by atoms with E-state index in [1.807, 2.05) is 0 Å². The zero-order valence-corrected chi connectivity index (χ0v) is 15.2. The Bertz CT molecular complexity index is 521. The predicted octanol–water partition coefficient (Wildman–Crippen LogP) is 2.34. The second-order valence-corrected chi connectivity index (χ2v) is 7.33. The van der Waals surface area contributed by atoms with Crippen LogP contribution in [-0.4, -0.2) is 59.5 Å². The van der Waals surface area contributed by atoms with Gasteiger partial charge in [0.15, 0.2) is 5.96 Å². The first-order valence-corrected chi connectivity index (χ1v) is 9.88. The zero-order chi connectivity index (χ0) is 16.1. The fourth-order valence-electron chi connectivity index (χ4n) is 3.50. The number of aryl methyl sites for hydroxylation is 1. The lowest BCUT2D eigenvalue weighted by Gasteiger charge is -2.25. The Hall–Kier alpha value is -1.14. The van der Waals surface area contributed by atoms with Crippen LogP contribution in [0.1, 0.15) is 43.8 Å². The van der Waals surface area contributed by atoms with E-state index in [1.54, 1.807) is 11.3 Å². The van der Waals surface area contributed by atoms with E-state index in [2.05, 4.69) is 39.3 Å². The first kappa shape index (κ1) is 16.7. The standard InChI is InChI=1S/C17H29N5S/c1-3-16-20-14(13-23-16)11-19-17(18-4-2)22-10-7-15(12-22)21-8-5-6-9-21/h13,15H,3-12H2,1-2H3,(H,18,19). The molecule has 0 aromatic carbocycles. The van der Waals surface area contributed by atoms with Gasteiger partial charge in [-0.1, -0.05) is 6.92 Å². The number of guanidine groups is 1. The zero-order valence-electron chi connectivity index (χ0n) is 14.4. The quantitative estimate of drug-likeness (QED) is 0.663. The van der Waals surface area contributed by atoms with Crippen LogP contribution < -0.4 is 5.32 Å². The van der Waals surface area contributed by atoms with Crippen LogP contribution in [0.4, 0.5) is 0 Å². The number of hydrogen-bond acceptors (Lipinski definition) is 4. The second-order valence-electron chi connectivity index (χ2n) is 6.39. The van der Waals surface area contributed by atoms with Crippen molar-refractivity contribution in [3.8, 4) is 0 Å². The fraction of sp³-hybridized carbons (Fsp3) is 0.765. The van der Waals surface area contributed by atoms with Gasteiger partial charge in [0.05, 0.1) is 17.2 Å². The summed E-state index contributed by atoms with van der Waals surface area (Å²) < 4.78 is 0. The summed E-state index contributed by atoms with van der Waals surface area (Å²) in [6.45, 7) is 10.7. The van der Waals surface area contributed by atoms with Crippen LogP contribution >= 0.6 is 11.3 Å². The minimum Gasteiger partial charge on any atom is -0.357 e. The number of rotatable bonds is 5. The third-order valence-corrected chi connectivity index (χ3v) is 5.79. The smallest absolute Gasteiger partial charge is 0.194 e. The maximum absolute atomic E-state index is 4.83. The van der Waals surface area contributed by atoms with Crippen LogP contribution in [0.15, 0.2) is 10.4 Å². The molecular formula is C17H29N5S. The molecule has 2 saturated heterocycles. The molecule has 23 heavy (non-hydrogen) atoms. The summed E-state index contributed by atoms with van der Waals surface area (Å²) in [5.74, 6) is 1.06. The normalized spacial score (nSPS) is 23.0. The minimum atomic E-state index is 0.684. The van der Waals surface area contributed by atoms with Crippen molar-refractivity contribution >= 4 is 17.3 Å². The molecule has 3 rings (SSSR count). The molecule has 1 aromatic rings. The van der Waals surface area contributed by atoms with Gasteiger partial charge in [0.2, 0.25) is 0 Å². The van der Waals surface area contributed by atoms with Gasteiger partial charge in [-0.15, -0.1) is 11.3 Å². The molecule has 128 valence electrons. The molecule has 1 unspecified atom stereocenters. The van der Waals surface area contributed by atoms with Crippen LogP contribution in [0.2, 0.25) is 0 Å². The molecular weight excluding hydrogens is 306 g/mol. The van der Waals surface area contributed by atoms with Crippen molar-refractivity contribution in [2.24, 2.45) is 4.99 Å². The van der Waals surface area contributed by atoms with Crippen LogP contribution in [-0.2, 0) is 13.0 Å². The van der Waals surface area contributed by atoms with Gasteiger partial charge < -0.3 is 10.2 Å². The topological polar surface area (TPSA) is 43.8 Å². The van der Waals surface area contributed by atoms with Crippen LogP contribution in [0, 0.1) is 0 Å². The third-order valence-electron chi connectivity index (χ3n) is 4.75. The van der Waals surface area contributed by atoms with Gasteiger partial charge in [-0.05, 0) is 45.7 Å². The van der Waals surface area contributed by atoms with Gasteiger partial charge in [0.1, 0.15) is 0 Å². The molecule has 0 aliphatic carbocycles. The summed E-state index contributed by atoms with van der Waals surface area (Å²) in [6, 6.07) is 0.715. The number of aliphatic imine (C=N–C) groups is 1. The van der Waals surface area contributed by atoms with Gasteiger partial charge in [-0.3, -0.25) is 4.90 Å². The fourth-order valence-corrected chi connectivity index (χ4v) is 4.24. The van der Waals surface area contributed by atoms with Crippen LogP contribution in [0.3, 0.4) is 0 Å². The number of hydrogen-bond donors (Lipinski definition) is 1. The van der Waals surface area contributed by atoms with Gasteiger partial charge in [-0.25, -0.2) is 9.98 Å². The lowest BCUT2D eigenvalue weighted by atomic mass is 10.2. The number of thiazole rings is 1. The highest BCUT2D eigenvalue weighted by molar-refractivity contribution is 7.09. The average molecular weight is 336 g/mol. The van der Waals surface area contributed by atoms with E-state index in [9.17, 15) is 0 Å². The molecule has 1 atom stereocenters. The first-order chi connectivity index (χ1) is 11.3. The largest absolute Gasteiger partial charge is 0.357 e. The predicted molar refractivity (Wildman–Crippen MR) is 97.1 cm³/mol. The summed E-state index contributed by atoms with van der Waals surface area (Å²) in [5.41, 5.74) is 1.09. The van der Waals surface area contributed by atoms with Crippen molar-refractivity contribution in [2.45, 2.75) is 52.1 Å². The van der Waals surface area contributed by atoms with E-state index in [4.69, 9.17) is 4.99 Å². The Kier molecular flexibility index (Phi) is 5.89. The molecule has 5 nitrogen and oxygen atoms in total. The second kappa shape index (κ2) is 8.11. The van der Waals surface area contributed by atoms with Gasteiger partial charge in [0, 0.05) is 31.1 Å². The Morgan fingerprint density at radius 1 is 1.35 bits per heavy atom. The minimum absolute atomic E-state index is 0.684. The van der Waals surface area contributed by atoms with Crippen molar-refractivity contribution in [1.29, 1.82) is 0 Å². The molecule has 2 aliphatic rings. The molecule has 1 aromatic heterocycles. The highest BCUT2D eigenvalue weighted by Crippen LogP contribution is 2.20. The lowest BCUT2D eigenvalue weighted by Crippen LogP contribution is -2.42. The first-order valence-electron chi connectivity index (χ1n) is 9.00. The third kappa shape index (κ3) is 4.23. The summed E-state index contributed by atoms with van der Waals surface area (Å²) in [4.78, 5) is 14.5. The van der Waals surface area contributed by atoms with E-state index in [-0.39, 0.29) is 0 Å². The Morgan fingerprint density at radius 3 is 2.87 bits per heavy atom. The molecule has 2 fully saturated rings. The Morgan fingerprint density at radius 2 is 2.17 bits per heavy atom. The molecule has 3 heterocycles. The van der Waals surface area contributed by atoms with E-state index in [0.29, 0.717) is 12.6 Å². The van der Waals surface area contributed by atoms with E-state index in [0.717, 1.165) is 37.7 Å². The van der Waals surface area contributed by atoms with Crippen molar-refractivity contribution in [3.05, 3.63) is 16.1 Å². The maximum atomic E-state index is 4.83. The summed E-state index contributed by atoms with van der Waals surface area (Å²) in [5, 5.41) is 6.81. The van der Waals surface area contributed by atoms with Gasteiger partial charge in [0.25, 0.3) is 0 Å². The molecule has 0 spiro atoms. The van der Waals surface area contributed by atoms with E-state index >= 15 is 0 Å². The molecule has 0 saturated carbocycles. The summed E-state index contributed by atoms with van der Waals surface area (Å²) >= 11 is 1.74. The molecule has 0 amide bonds. The van der Waals surface area contributed by atoms with Crippen LogP contribution in [0.25, 0.3) is 0 Å². The maximum Gasteiger partial charge on any atom is 0.194 e. The van der Waals surface area contributed by atoms with Crippen molar-refractivity contribution < 1.29 is 0 Å². The number of aromatic nitrogens is 1. The van der Waals surface area contributed by atoms with Gasteiger partial charge in [-0.2, -0.15) is 0 Å². The SMILES string of the molecule is CCNC(=NCc1csc(CC)n1)N1CCC(N2CCCC2)C1. The van der Waals surface area contributed by atoms with Crippen molar-refractivity contribution in [2.75, 3.05) is 32.7 Å². The molecule has 1 N–H and O–H groups in total. The highest BCUT2D eigenvalue weighted by Gasteiger charge is 2.30. The molecule has 0 radical (unpaired) electrons. The summed E-state index contributed by atoms with van der Waals surface area (Å²) in [7, 11) is 0. The summed E-state index contributed by atoms with van der Waals surface area (Å²) in [6.07, 6.45) is 5.02. The van der Waals surface area contributed by atoms with E-state index in [1.165, 1.54) is 37.4 Å². The monoisotopic (exact) mass is 335 g/mol. The number of nitrogens with zero attached hydrogens (tertiary/aromatic N) is 4. The van der Waals surface area contributed by atoms with Crippen molar-refractivity contribution in [1.82, 2.24) is 20.1 Å². The average Bonchev–Trinajstić information content (AvgIpc) is 3.32. The number of nitrogens with one attached hydrogen (secondary N) is 1.